The van der Waals surface area contributed by atoms with Gasteiger partial charge in [-0.3, -0.25) is 14.5 Å². The van der Waals surface area contributed by atoms with Crippen LogP contribution in [0, 0.1) is 0 Å². The number of carbonyl (C=O) groups is 2. The fourth-order valence-corrected chi connectivity index (χ4v) is 4.80. The molecule has 1 heterocycles. The van der Waals surface area contributed by atoms with Crippen LogP contribution < -0.4 is 10.2 Å². The molecule has 0 radical (unpaired) electrons. The van der Waals surface area contributed by atoms with Crippen LogP contribution in [0.4, 0.5) is 5.69 Å². The highest BCUT2D eigenvalue weighted by molar-refractivity contribution is 8.04. The number of anilines is 1. The predicted octanol–water partition coefficient (Wildman–Crippen LogP) is 5.74. The third kappa shape index (κ3) is 5.86. The molecular formula is C27H25ClN2O2S. The molecule has 0 fully saturated rings. The van der Waals surface area contributed by atoms with Gasteiger partial charge in [0.25, 0.3) is 5.91 Å². The minimum atomic E-state index is -0.189. The van der Waals surface area contributed by atoms with Gasteiger partial charge in [0.15, 0.2) is 0 Å². The maximum absolute atomic E-state index is 13.3. The fraction of sp³-hybridized carbons (Fsp3) is 0.185. The van der Waals surface area contributed by atoms with E-state index in [0.29, 0.717) is 22.9 Å². The summed E-state index contributed by atoms with van der Waals surface area (Å²) in [4.78, 5) is 29.1. The summed E-state index contributed by atoms with van der Waals surface area (Å²) in [6.45, 7) is 2.58. The highest BCUT2D eigenvalue weighted by Crippen LogP contribution is 2.41. The van der Waals surface area contributed by atoms with Crippen molar-refractivity contribution in [1.29, 1.82) is 0 Å². The van der Waals surface area contributed by atoms with Gasteiger partial charge in [0, 0.05) is 16.5 Å². The lowest BCUT2D eigenvalue weighted by atomic mass is 10.1. The van der Waals surface area contributed by atoms with Crippen molar-refractivity contribution in [2.75, 3.05) is 18.0 Å². The molecule has 33 heavy (non-hydrogen) atoms. The number of hydrogen-bond acceptors (Lipinski definition) is 3. The first-order valence-electron chi connectivity index (χ1n) is 10.9. The van der Waals surface area contributed by atoms with Crippen molar-refractivity contribution in [3.8, 4) is 0 Å². The number of halogens is 1. The summed E-state index contributed by atoms with van der Waals surface area (Å²) in [7, 11) is 0. The van der Waals surface area contributed by atoms with Gasteiger partial charge in [-0.2, -0.15) is 0 Å². The van der Waals surface area contributed by atoms with E-state index in [4.69, 9.17) is 11.6 Å². The van der Waals surface area contributed by atoms with E-state index in [9.17, 15) is 9.59 Å². The average Bonchev–Trinajstić information content (AvgIpc) is 2.83. The zero-order valence-electron chi connectivity index (χ0n) is 18.4. The Hall–Kier alpha value is -3.02. The number of nitrogens with zero attached hydrogens (tertiary/aromatic N) is 1. The van der Waals surface area contributed by atoms with E-state index < -0.39 is 0 Å². The zero-order valence-corrected chi connectivity index (χ0v) is 20.0. The van der Waals surface area contributed by atoms with Crippen LogP contribution in [-0.2, 0) is 22.4 Å². The molecule has 1 N–H and O–H groups in total. The Morgan fingerprint density at radius 2 is 1.70 bits per heavy atom. The molecule has 0 bridgehead atoms. The molecule has 6 heteroatoms. The second-order valence-corrected chi connectivity index (χ2v) is 9.31. The van der Waals surface area contributed by atoms with Crippen molar-refractivity contribution in [3.05, 3.63) is 99.4 Å². The van der Waals surface area contributed by atoms with Crippen molar-refractivity contribution in [3.63, 3.8) is 0 Å². The van der Waals surface area contributed by atoms with E-state index in [-0.39, 0.29) is 18.4 Å². The first-order chi connectivity index (χ1) is 16.0. The molecule has 0 aromatic heterocycles. The van der Waals surface area contributed by atoms with E-state index in [2.05, 4.69) is 24.4 Å². The largest absolute Gasteiger partial charge is 0.354 e. The molecular weight excluding hydrogens is 452 g/mol. The highest BCUT2D eigenvalue weighted by Gasteiger charge is 2.30. The standard InChI is InChI=1S/C27H25ClN2O2S/c1-2-19-7-9-21(10-8-19)17-25-27(32)30(23-5-3-4-6-24(23)33-25)18-26(31)29-16-15-20-11-13-22(28)14-12-20/h3-14,17H,2,15-16,18H2,1H3,(H,29,31)/b25-17+. The molecule has 168 valence electrons. The topological polar surface area (TPSA) is 49.4 Å². The van der Waals surface area contributed by atoms with Gasteiger partial charge < -0.3 is 5.32 Å². The molecule has 0 saturated carbocycles. The van der Waals surface area contributed by atoms with E-state index in [0.717, 1.165) is 28.1 Å². The van der Waals surface area contributed by atoms with Gasteiger partial charge in [0.05, 0.1) is 10.6 Å². The third-order valence-corrected chi connectivity index (χ3v) is 6.80. The van der Waals surface area contributed by atoms with Gasteiger partial charge in [0.1, 0.15) is 6.54 Å². The summed E-state index contributed by atoms with van der Waals surface area (Å²) in [6, 6.07) is 23.4. The van der Waals surface area contributed by atoms with Crippen LogP contribution in [0.15, 0.2) is 82.6 Å². The number of thioether (sulfide) groups is 1. The summed E-state index contributed by atoms with van der Waals surface area (Å²) in [5, 5.41) is 3.62. The van der Waals surface area contributed by atoms with Crippen molar-refractivity contribution in [1.82, 2.24) is 5.32 Å². The second-order valence-electron chi connectivity index (χ2n) is 7.79. The van der Waals surface area contributed by atoms with Crippen molar-refractivity contribution >= 4 is 46.9 Å². The minimum absolute atomic E-state index is 0.0247. The molecule has 0 spiro atoms. The van der Waals surface area contributed by atoms with Gasteiger partial charge in [0.2, 0.25) is 5.91 Å². The molecule has 0 atom stereocenters. The molecule has 3 aromatic carbocycles. The third-order valence-electron chi connectivity index (χ3n) is 5.47. The van der Waals surface area contributed by atoms with E-state index in [1.54, 1.807) is 4.90 Å². The first-order valence-corrected chi connectivity index (χ1v) is 12.1. The Balaban J connectivity index is 1.47. The van der Waals surface area contributed by atoms with E-state index >= 15 is 0 Å². The number of nitrogens with one attached hydrogen (secondary N) is 1. The molecule has 4 nitrogen and oxygen atoms in total. The minimum Gasteiger partial charge on any atom is -0.354 e. The fourth-order valence-electron chi connectivity index (χ4n) is 3.62. The monoisotopic (exact) mass is 476 g/mol. The van der Waals surface area contributed by atoms with Gasteiger partial charge in [-0.15, -0.1) is 0 Å². The number of amides is 2. The number of hydrogen-bond donors (Lipinski definition) is 1. The number of para-hydroxylation sites is 1. The molecule has 4 rings (SSSR count). The zero-order chi connectivity index (χ0) is 23.2. The SMILES string of the molecule is CCc1ccc(/C=C2/Sc3ccccc3N(CC(=O)NCCc3ccc(Cl)cc3)C2=O)cc1. The molecule has 1 aliphatic rings. The summed E-state index contributed by atoms with van der Waals surface area (Å²) < 4.78 is 0. The Morgan fingerprint density at radius 3 is 2.42 bits per heavy atom. The predicted molar refractivity (Wildman–Crippen MR) is 137 cm³/mol. The lowest BCUT2D eigenvalue weighted by molar-refractivity contribution is -0.122. The summed E-state index contributed by atoms with van der Waals surface area (Å²) in [5.41, 5.74) is 4.07. The number of fused-ring (bicyclic) bond motifs is 1. The van der Waals surface area contributed by atoms with Crippen molar-refractivity contribution < 1.29 is 9.59 Å². The molecule has 0 saturated heterocycles. The quantitative estimate of drug-likeness (QED) is 0.442. The molecule has 3 aromatic rings. The van der Waals surface area contributed by atoms with Gasteiger partial charge in [-0.25, -0.2) is 0 Å². The van der Waals surface area contributed by atoms with Crippen molar-refractivity contribution in [2.24, 2.45) is 0 Å². The van der Waals surface area contributed by atoms with Crippen molar-refractivity contribution in [2.45, 2.75) is 24.7 Å². The van der Waals surface area contributed by atoms with Gasteiger partial charge in [-0.05, 0) is 59.9 Å². The molecule has 0 unspecified atom stereocenters. The van der Waals surface area contributed by atoms with Crippen LogP contribution in [-0.4, -0.2) is 24.9 Å². The number of aryl methyl sites for hydroxylation is 1. The molecule has 1 aliphatic heterocycles. The number of rotatable bonds is 7. The van der Waals surface area contributed by atoms with Crippen LogP contribution in [0.3, 0.4) is 0 Å². The highest BCUT2D eigenvalue weighted by atomic mass is 35.5. The summed E-state index contributed by atoms with van der Waals surface area (Å²) in [6.07, 6.45) is 3.56. The molecule has 2 amide bonds. The van der Waals surface area contributed by atoms with Crippen LogP contribution in [0.25, 0.3) is 6.08 Å². The summed E-state index contributed by atoms with van der Waals surface area (Å²) in [5.74, 6) is -0.350. The van der Waals surface area contributed by atoms with Gasteiger partial charge >= 0.3 is 0 Å². The maximum Gasteiger partial charge on any atom is 0.265 e. The Labute approximate surface area is 203 Å². The first kappa shape index (κ1) is 23.1. The van der Waals surface area contributed by atoms with E-state index in [1.807, 2.05) is 66.7 Å². The maximum atomic E-state index is 13.3. The second kappa shape index (κ2) is 10.7. The van der Waals surface area contributed by atoms with Crippen LogP contribution in [0.1, 0.15) is 23.6 Å². The average molecular weight is 477 g/mol. The van der Waals surface area contributed by atoms with E-state index in [1.165, 1.54) is 17.3 Å². The van der Waals surface area contributed by atoms with Gasteiger partial charge in [-0.1, -0.05) is 78.8 Å². The lowest BCUT2D eigenvalue weighted by Gasteiger charge is -2.29. The smallest absolute Gasteiger partial charge is 0.265 e. The number of benzene rings is 3. The van der Waals surface area contributed by atoms with Crippen LogP contribution >= 0.6 is 23.4 Å². The summed E-state index contributed by atoms with van der Waals surface area (Å²) >= 11 is 7.37. The Bertz CT molecular complexity index is 1170. The Morgan fingerprint density at radius 1 is 1.00 bits per heavy atom. The lowest BCUT2D eigenvalue weighted by Crippen LogP contribution is -2.43. The Kier molecular flexibility index (Phi) is 7.53. The normalized spacial score (nSPS) is 14.3. The van der Waals surface area contributed by atoms with Crippen LogP contribution in [0.5, 0.6) is 0 Å². The molecule has 0 aliphatic carbocycles. The number of carbonyl (C=O) groups excluding carboxylic acids is 2. The van der Waals surface area contributed by atoms with Crippen LogP contribution in [0.2, 0.25) is 5.02 Å².